The maximum absolute atomic E-state index is 11.4. The molecule has 2 aromatic rings. The highest BCUT2D eigenvalue weighted by Gasteiger charge is 2.15. The van der Waals surface area contributed by atoms with Gasteiger partial charge >= 0.3 is 0 Å². The SMILES string of the molecule is COc1cccc(C(N)=O)c1OCc1ccccc1Cl. The average Bonchev–Trinajstić information content (AvgIpc) is 2.46. The number of hydrogen-bond acceptors (Lipinski definition) is 3. The van der Waals surface area contributed by atoms with E-state index < -0.39 is 5.91 Å². The molecule has 0 atom stereocenters. The summed E-state index contributed by atoms with van der Waals surface area (Å²) in [6.07, 6.45) is 0. The minimum Gasteiger partial charge on any atom is -0.493 e. The number of carbonyl (C=O) groups is 1. The first kappa shape index (κ1) is 14.2. The number of para-hydroxylation sites is 1. The summed E-state index contributed by atoms with van der Waals surface area (Å²) >= 11 is 6.06. The summed E-state index contributed by atoms with van der Waals surface area (Å²) in [6, 6.07) is 12.3. The van der Waals surface area contributed by atoms with Crippen LogP contribution < -0.4 is 15.2 Å². The van der Waals surface area contributed by atoms with Crippen molar-refractivity contribution >= 4 is 17.5 Å². The maximum Gasteiger partial charge on any atom is 0.252 e. The van der Waals surface area contributed by atoms with Crippen molar-refractivity contribution in [3.8, 4) is 11.5 Å². The zero-order valence-corrected chi connectivity index (χ0v) is 11.7. The molecule has 0 heterocycles. The number of ether oxygens (including phenoxy) is 2. The van der Waals surface area contributed by atoms with Crippen LogP contribution in [0.2, 0.25) is 5.02 Å². The van der Waals surface area contributed by atoms with Crippen LogP contribution in [0.15, 0.2) is 42.5 Å². The quantitative estimate of drug-likeness (QED) is 0.921. The highest BCUT2D eigenvalue weighted by atomic mass is 35.5. The zero-order valence-electron chi connectivity index (χ0n) is 10.9. The fourth-order valence-corrected chi connectivity index (χ4v) is 1.98. The number of halogens is 1. The molecular weight excluding hydrogens is 278 g/mol. The molecular formula is C15H14ClNO3. The predicted molar refractivity (Wildman–Crippen MR) is 77.3 cm³/mol. The van der Waals surface area contributed by atoms with Gasteiger partial charge in [0.25, 0.3) is 5.91 Å². The van der Waals surface area contributed by atoms with Crippen molar-refractivity contribution in [2.75, 3.05) is 7.11 Å². The highest BCUT2D eigenvalue weighted by Crippen LogP contribution is 2.32. The van der Waals surface area contributed by atoms with E-state index in [0.717, 1.165) is 5.56 Å². The Labute approximate surface area is 122 Å². The molecule has 4 nitrogen and oxygen atoms in total. The predicted octanol–water partition coefficient (Wildman–Crippen LogP) is 3.03. The fourth-order valence-electron chi connectivity index (χ4n) is 1.78. The third-order valence-corrected chi connectivity index (χ3v) is 3.16. The van der Waals surface area contributed by atoms with Gasteiger partial charge in [0.05, 0.1) is 12.7 Å². The lowest BCUT2D eigenvalue weighted by Crippen LogP contribution is -2.13. The molecule has 0 aliphatic carbocycles. The Morgan fingerprint density at radius 2 is 1.95 bits per heavy atom. The van der Waals surface area contributed by atoms with Crippen molar-refractivity contribution < 1.29 is 14.3 Å². The lowest BCUT2D eigenvalue weighted by atomic mass is 10.1. The van der Waals surface area contributed by atoms with Crippen LogP contribution in [0.4, 0.5) is 0 Å². The summed E-state index contributed by atoms with van der Waals surface area (Å²) in [5.41, 5.74) is 6.43. The third-order valence-electron chi connectivity index (χ3n) is 2.79. The minimum atomic E-state index is -0.571. The monoisotopic (exact) mass is 291 g/mol. The number of amides is 1. The highest BCUT2D eigenvalue weighted by molar-refractivity contribution is 6.31. The van der Waals surface area contributed by atoms with Gasteiger partial charge in [-0.15, -0.1) is 0 Å². The van der Waals surface area contributed by atoms with E-state index >= 15 is 0 Å². The molecule has 0 spiro atoms. The van der Waals surface area contributed by atoms with Gasteiger partial charge in [-0.05, 0) is 18.2 Å². The van der Waals surface area contributed by atoms with E-state index in [9.17, 15) is 4.79 Å². The molecule has 0 aliphatic heterocycles. The number of methoxy groups -OCH3 is 1. The lowest BCUT2D eigenvalue weighted by Gasteiger charge is -2.14. The van der Waals surface area contributed by atoms with Crippen LogP contribution in [0.1, 0.15) is 15.9 Å². The van der Waals surface area contributed by atoms with Crippen molar-refractivity contribution in [1.29, 1.82) is 0 Å². The van der Waals surface area contributed by atoms with Crippen molar-refractivity contribution in [3.05, 3.63) is 58.6 Å². The summed E-state index contributed by atoms with van der Waals surface area (Å²) < 4.78 is 10.9. The largest absolute Gasteiger partial charge is 0.493 e. The van der Waals surface area contributed by atoms with Gasteiger partial charge in [0.1, 0.15) is 6.61 Å². The van der Waals surface area contributed by atoms with Crippen LogP contribution in [0.5, 0.6) is 11.5 Å². The molecule has 2 N–H and O–H groups in total. The number of hydrogen-bond donors (Lipinski definition) is 1. The lowest BCUT2D eigenvalue weighted by molar-refractivity contribution is 0.0995. The van der Waals surface area contributed by atoms with Crippen LogP contribution in [0.25, 0.3) is 0 Å². The molecule has 1 amide bonds. The molecule has 0 saturated heterocycles. The summed E-state index contributed by atoms with van der Waals surface area (Å²) in [5.74, 6) is 0.203. The van der Waals surface area contributed by atoms with Gasteiger partial charge in [0, 0.05) is 10.6 Å². The molecule has 2 aromatic carbocycles. The molecule has 0 fully saturated rings. The summed E-state index contributed by atoms with van der Waals surface area (Å²) in [6.45, 7) is 0.223. The first-order chi connectivity index (χ1) is 9.63. The fraction of sp³-hybridized carbons (Fsp3) is 0.133. The van der Waals surface area contributed by atoms with E-state index in [1.165, 1.54) is 7.11 Å². The van der Waals surface area contributed by atoms with E-state index in [1.54, 1.807) is 24.3 Å². The van der Waals surface area contributed by atoms with Crippen molar-refractivity contribution in [2.24, 2.45) is 5.73 Å². The first-order valence-corrected chi connectivity index (χ1v) is 6.34. The topological polar surface area (TPSA) is 61.5 Å². The van der Waals surface area contributed by atoms with Crippen LogP contribution in [-0.4, -0.2) is 13.0 Å². The van der Waals surface area contributed by atoms with Gasteiger partial charge in [-0.3, -0.25) is 4.79 Å². The second-order valence-electron chi connectivity index (χ2n) is 4.08. The Bertz CT molecular complexity index is 628. The standard InChI is InChI=1S/C15H14ClNO3/c1-19-13-8-4-6-11(15(17)18)14(13)20-9-10-5-2-3-7-12(10)16/h2-8H,9H2,1H3,(H2,17,18). The Hall–Kier alpha value is -2.20. The number of carbonyl (C=O) groups excluding carboxylic acids is 1. The molecule has 104 valence electrons. The molecule has 0 aromatic heterocycles. The van der Waals surface area contributed by atoms with Crippen LogP contribution in [0.3, 0.4) is 0 Å². The molecule has 2 rings (SSSR count). The van der Waals surface area contributed by atoms with E-state index in [1.807, 2.05) is 18.2 Å². The second-order valence-corrected chi connectivity index (χ2v) is 4.49. The van der Waals surface area contributed by atoms with Crippen LogP contribution in [-0.2, 0) is 6.61 Å². The Morgan fingerprint density at radius 1 is 1.20 bits per heavy atom. The first-order valence-electron chi connectivity index (χ1n) is 5.96. The molecule has 0 unspecified atom stereocenters. The summed E-state index contributed by atoms with van der Waals surface area (Å²) in [7, 11) is 1.50. The number of primary amides is 1. The minimum absolute atomic E-state index is 0.223. The Kier molecular flexibility index (Phi) is 4.48. The van der Waals surface area contributed by atoms with Crippen LogP contribution >= 0.6 is 11.6 Å². The molecule has 0 radical (unpaired) electrons. The van der Waals surface area contributed by atoms with E-state index in [2.05, 4.69) is 0 Å². The Morgan fingerprint density at radius 3 is 2.60 bits per heavy atom. The Balaban J connectivity index is 2.29. The van der Waals surface area contributed by atoms with Crippen LogP contribution in [0, 0.1) is 0 Å². The van der Waals surface area contributed by atoms with Gasteiger partial charge in [-0.25, -0.2) is 0 Å². The van der Waals surface area contributed by atoms with E-state index in [4.69, 9.17) is 26.8 Å². The van der Waals surface area contributed by atoms with Gasteiger partial charge in [-0.2, -0.15) is 0 Å². The number of nitrogens with two attached hydrogens (primary N) is 1. The van der Waals surface area contributed by atoms with E-state index in [0.29, 0.717) is 16.5 Å². The van der Waals surface area contributed by atoms with Crippen molar-refractivity contribution in [2.45, 2.75) is 6.61 Å². The molecule has 0 aliphatic rings. The average molecular weight is 292 g/mol. The van der Waals surface area contributed by atoms with Gasteiger partial charge in [0.15, 0.2) is 11.5 Å². The molecule has 20 heavy (non-hydrogen) atoms. The zero-order chi connectivity index (χ0) is 14.5. The summed E-state index contributed by atoms with van der Waals surface area (Å²) in [4.78, 5) is 11.4. The maximum atomic E-state index is 11.4. The third kappa shape index (κ3) is 3.03. The molecule has 0 saturated carbocycles. The smallest absolute Gasteiger partial charge is 0.252 e. The van der Waals surface area contributed by atoms with Crippen molar-refractivity contribution in [3.63, 3.8) is 0 Å². The molecule has 5 heteroatoms. The normalized spacial score (nSPS) is 10.1. The van der Waals surface area contributed by atoms with Gasteiger partial charge in [-0.1, -0.05) is 35.9 Å². The van der Waals surface area contributed by atoms with Gasteiger partial charge in [0.2, 0.25) is 0 Å². The summed E-state index contributed by atoms with van der Waals surface area (Å²) in [5, 5.41) is 0.600. The molecule has 0 bridgehead atoms. The number of rotatable bonds is 5. The van der Waals surface area contributed by atoms with E-state index in [-0.39, 0.29) is 12.2 Å². The van der Waals surface area contributed by atoms with Gasteiger partial charge < -0.3 is 15.2 Å². The van der Waals surface area contributed by atoms with Crippen molar-refractivity contribution in [1.82, 2.24) is 0 Å². The second kappa shape index (κ2) is 6.30. The number of benzene rings is 2.